The van der Waals surface area contributed by atoms with Crippen molar-refractivity contribution >= 4 is 23.7 Å². The highest BCUT2D eigenvalue weighted by molar-refractivity contribution is 6.03. The van der Waals surface area contributed by atoms with Crippen LogP contribution in [0.15, 0.2) is 54.6 Å². The van der Waals surface area contributed by atoms with E-state index in [9.17, 15) is 14.0 Å². The Morgan fingerprint density at radius 2 is 1.88 bits per heavy atom. The summed E-state index contributed by atoms with van der Waals surface area (Å²) in [6.07, 6.45) is 0.209. The molecule has 1 aliphatic heterocycles. The minimum absolute atomic E-state index is 0.00335. The molecule has 1 aliphatic rings. The number of carbonyl (C=O) groups excluding carboxylic acids is 2. The van der Waals surface area contributed by atoms with Gasteiger partial charge in [0.25, 0.3) is 11.9 Å². The quantitative estimate of drug-likeness (QED) is 0.759. The molecule has 0 saturated carbocycles. The van der Waals surface area contributed by atoms with E-state index >= 15 is 0 Å². The van der Waals surface area contributed by atoms with Crippen LogP contribution >= 0.6 is 0 Å². The molecular weight excluding hydrogens is 337 g/mol. The third-order valence-electron chi connectivity index (χ3n) is 4.08. The van der Waals surface area contributed by atoms with E-state index in [1.807, 2.05) is 30.3 Å². The van der Waals surface area contributed by atoms with Crippen molar-refractivity contribution < 1.29 is 14.0 Å². The number of halogens is 1. The van der Waals surface area contributed by atoms with Gasteiger partial charge in [-0.05, 0) is 17.7 Å². The van der Waals surface area contributed by atoms with Gasteiger partial charge in [-0.15, -0.1) is 5.10 Å². The number of amides is 2. The lowest BCUT2D eigenvalue weighted by Gasteiger charge is -2.23. The van der Waals surface area contributed by atoms with Gasteiger partial charge in [0.05, 0.1) is 18.0 Å². The fourth-order valence-electron chi connectivity index (χ4n) is 2.87. The van der Waals surface area contributed by atoms with E-state index in [1.54, 1.807) is 10.7 Å². The lowest BCUT2D eigenvalue weighted by Crippen LogP contribution is -2.29. The molecular formula is C18H14FN5O2. The van der Waals surface area contributed by atoms with Gasteiger partial charge >= 0.3 is 0 Å². The van der Waals surface area contributed by atoms with Crippen LogP contribution in [0.4, 0.5) is 16.3 Å². The Balaban J connectivity index is 1.64. The Morgan fingerprint density at radius 1 is 1.15 bits per heavy atom. The van der Waals surface area contributed by atoms with Gasteiger partial charge in [-0.1, -0.05) is 42.5 Å². The summed E-state index contributed by atoms with van der Waals surface area (Å²) in [4.78, 5) is 28.4. The molecule has 7 nitrogen and oxygen atoms in total. The first-order valence-electron chi connectivity index (χ1n) is 7.99. The fraction of sp³-hybridized carbons (Fsp3) is 0.111. The second-order valence-corrected chi connectivity index (χ2v) is 5.82. The highest BCUT2D eigenvalue weighted by Gasteiger charge is 2.29. The van der Waals surface area contributed by atoms with E-state index in [1.165, 1.54) is 18.2 Å². The number of carbonyl (C=O) groups is 2. The largest absolute Gasteiger partial charge is 0.295 e. The Labute approximate surface area is 147 Å². The maximum absolute atomic E-state index is 13.7. The van der Waals surface area contributed by atoms with Crippen LogP contribution in [0.25, 0.3) is 0 Å². The zero-order valence-electron chi connectivity index (χ0n) is 13.5. The Hall–Kier alpha value is -3.55. The minimum Gasteiger partial charge on any atom is -0.295 e. The average Bonchev–Trinajstić information content (AvgIpc) is 3.04. The molecule has 1 atom stereocenters. The first kappa shape index (κ1) is 15.9. The van der Waals surface area contributed by atoms with E-state index in [0.717, 1.165) is 5.56 Å². The van der Waals surface area contributed by atoms with Crippen molar-refractivity contribution in [1.82, 2.24) is 14.8 Å². The summed E-state index contributed by atoms with van der Waals surface area (Å²) in [6, 6.07) is 14.7. The van der Waals surface area contributed by atoms with Gasteiger partial charge in [0.2, 0.25) is 11.9 Å². The van der Waals surface area contributed by atoms with E-state index in [4.69, 9.17) is 0 Å². The van der Waals surface area contributed by atoms with Crippen molar-refractivity contribution in [2.75, 3.05) is 10.6 Å². The lowest BCUT2D eigenvalue weighted by atomic mass is 10.0. The van der Waals surface area contributed by atoms with Crippen LogP contribution in [0.1, 0.15) is 28.4 Å². The van der Waals surface area contributed by atoms with Crippen LogP contribution in [-0.2, 0) is 4.79 Å². The second-order valence-electron chi connectivity index (χ2n) is 5.82. The van der Waals surface area contributed by atoms with Crippen molar-refractivity contribution in [3.05, 3.63) is 71.5 Å². The number of nitrogens with one attached hydrogen (secondary N) is 2. The molecule has 8 heteroatoms. The number of anilines is 2. The predicted octanol–water partition coefficient (Wildman–Crippen LogP) is 2.60. The Morgan fingerprint density at radius 3 is 2.65 bits per heavy atom. The normalized spacial score (nSPS) is 15.9. The number of rotatable bonds is 3. The molecule has 0 unspecified atom stereocenters. The highest BCUT2D eigenvalue weighted by Crippen LogP contribution is 2.29. The summed E-state index contributed by atoms with van der Waals surface area (Å²) >= 11 is 0. The molecule has 0 aliphatic carbocycles. The molecule has 1 aromatic heterocycles. The summed E-state index contributed by atoms with van der Waals surface area (Å²) in [6.45, 7) is 0. The zero-order valence-corrected chi connectivity index (χ0v) is 13.5. The van der Waals surface area contributed by atoms with Crippen molar-refractivity contribution in [2.45, 2.75) is 12.5 Å². The van der Waals surface area contributed by atoms with Crippen molar-refractivity contribution in [3.63, 3.8) is 0 Å². The van der Waals surface area contributed by atoms with Gasteiger partial charge in [-0.2, -0.15) is 4.98 Å². The van der Waals surface area contributed by atoms with E-state index < -0.39 is 11.7 Å². The molecule has 0 saturated heterocycles. The number of hydrogen-bond donors (Lipinski definition) is 2. The maximum Gasteiger partial charge on any atom is 0.261 e. The predicted molar refractivity (Wildman–Crippen MR) is 92.2 cm³/mol. The molecule has 26 heavy (non-hydrogen) atoms. The zero-order chi connectivity index (χ0) is 18.1. The van der Waals surface area contributed by atoms with Crippen LogP contribution in [-0.4, -0.2) is 26.6 Å². The van der Waals surface area contributed by atoms with Crippen LogP contribution in [0.5, 0.6) is 0 Å². The number of aromatic nitrogens is 3. The van der Waals surface area contributed by atoms with Gasteiger partial charge in [-0.3, -0.25) is 20.2 Å². The SMILES string of the molecule is O=C1C[C@@H](c2ccccc2)n2nc(NC(=O)c3ccccc3F)nc2N1. The molecule has 0 fully saturated rings. The van der Waals surface area contributed by atoms with Gasteiger partial charge in [-0.25, -0.2) is 9.07 Å². The molecule has 130 valence electrons. The third kappa shape index (κ3) is 2.92. The standard InChI is InChI=1S/C18H14FN5O2/c19-13-9-5-4-8-12(13)16(26)21-17-22-18-20-15(25)10-14(24(18)23-17)11-6-2-1-3-7-11/h1-9,14H,10H2,(H2,20,21,22,23,25,26)/t14-/m0/s1. The maximum atomic E-state index is 13.7. The first-order chi connectivity index (χ1) is 12.6. The molecule has 0 bridgehead atoms. The second kappa shape index (κ2) is 6.40. The van der Waals surface area contributed by atoms with E-state index in [-0.39, 0.29) is 35.8 Å². The molecule has 4 rings (SSSR count). The first-order valence-corrected chi connectivity index (χ1v) is 7.99. The number of nitrogens with zero attached hydrogens (tertiary/aromatic N) is 3. The van der Waals surface area contributed by atoms with Crippen LogP contribution in [0, 0.1) is 5.82 Å². The number of fused-ring (bicyclic) bond motifs is 1. The molecule has 0 radical (unpaired) electrons. The summed E-state index contributed by atoms with van der Waals surface area (Å²) < 4.78 is 15.3. The topological polar surface area (TPSA) is 88.9 Å². The highest BCUT2D eigenvalue weighted by atomic mass is 19.1. The van der Waals surface area contributed by atoms with E-state index in [2.05, 4.69) is 20.7 Å². The van der Waals surface area contributed by atoms with Crippen molar-refractivity contribution in [2.24, 2.45) is 0 Å². The molecule has 2 amide bonds. The Bertz CT molecular complexity index is 986. The molecule has 3 aromatic rings. The lowest BCUT2D eigenvalue weighted by molar-refractivity contribution is -0.117. The summed E-state index contributed by atoms with van der Waals surface area (Å²) in [5, 5.41) is 9.37. The summed E-state index contributed by atoms with van der Waals surface area (Å²) in [5.41, 5.74) is 0.796. The van der Waals surface area contributed by atoms with Crippen LogP contribution in [0.3, 0.4) is 0 Å². The van der Waals surface area contributed by atoms with Crippen molar-refractivity contribution in [1.29, 1.82) is 0 Å². The monoisotopic (exact) mass is 351 g/mol. The van der Waals surface area contributed by atoms with Gasteiger partial charge in [0, 0.05) is 0 Å². The van der Waals surface area contributed by atoms with Crippen LogP contribution < -0.4 is 10.6 Å². The number of hydrogen-bond acceptors (Lipinski definition) is 4. The molecule has 0 spiro atoms. The molecule has 2 aromatic carbocycles. The average molecular weight is 351 g/mol. The van der Waals surface area contributed by atoms with Crippen LogP contribution in [0.2, 0.25) is 0 Å². The van der Waals surface area contributed by atoms with Crippen molar-refractivity contribution in [3.8, 4) is 0 Å². The van der Waals surface area contributed by atoms with Gasteiger partial charge < -0.3 is 0 Å². The summed E-state index contributed by atoms with van der Waals surface area (Å²) in [5.74, 6) is -1.25. The molecule has 2 N–H and O–H groups in total. The smallest absolute Gasteiger partial charge is 0.261 e. The fourth-order valence-corrected chi connectivity index (χ4v) is 2.87. The number of benzene rings is 2. The third-order valence-corrected chi connectivity index (χ3v) is 4.08. The van der Waals surface area contributed by atoms with Gasteiger partial charge in [0.15, 0.2) is 0 Å². The Kier molecular flexibility index (Phi) is 3.92. The van der Waals surface area contributed by atoms with Gasteiger partial charge in [0.1, 0.15) is 5.82 Å². The minimum atomic E-state index is -0.659. The molecule has 2 heterocycles. The van der Waals surface area contributed by atoms with E-state index in [0.29, 0.717) is 0 Å². The summed E-state index contributed by atoms with van der Waals surface area (Å²) in [7, 11) is 0.